The van der Waals surface area contributed by atoms with Gasteiger partial charge in [-0.15, -0.1) is 11.3 Å². The van der Waals surface area contributed by atoms with E-state index in [1.807, 2.05) is 11.3 Å². The van der Waals surface area contributed by atoms with Gasteiger partial charge in [0, 0.05) is 37.7 Å². The molecule has 0 saturated heterocycles. The molecule has 0 aliphatic heterocycles. The average molecular weight is 256 g/mol. The number of hydrogen-bond donors (Lipinski definition) is 1. The van der Waals surface area contributed by atoms with Gasteiger partial charge >= 0.3 is 0 Å². The molecular formula is C13H24N2OS. The van der Waals surface area contributed by atoms with Gasteiger partial charge in [0.25, 0.3) is 0 Å². The van der Waals surface area contributed by atoms with Gasteiger partial charge in [-0.3, -0.25) is 4.90 Å². The number of ether oxygens (including phenoxy) is 1. The molecule has 1 atom stereocenters. The van der Waals surface area contributed by atoms with Gasteiger partial charge in [0.2, 0.25) is 0 Å². The van der Waals surface area contributed by atoms with Crippen LogP contribution in [-0.2, 0) is 11.3 Å². The van der Waals surface area contributed by atoms with Crippen LogP contribution in [0.15, 0.2) is 17.5 Å². The zero-order valence-corrected chi connectivity index (χ0v) is 11.9. The molecule has 0 bridgehead atoms. The first-order valence-corrected chi connectivity index (χ1v) is 7.11. The third-order valence-corrected chi connectivity index (χ3v) is 3.61. The summed E-state index contributed by atoms with van der Waals surface area (Å²) in [7, 11) is 1.74. The van der Waals surface area contributed by atoms with Crippen molar-refractivity contribution in [3.8, 4) is 0 Å². The van der Waals surface area contributed by atoms with Crippen molar-refractivity contribution in [2.75, 3.05) is 33.4 Å². The summed E-state index contributed by atoms with van der Waals surface area (Å²) in [6.45, 7) is 9.40. The van der Waals surface area contributed by atoms with Crippen LogP contribution in [0.5, 0.6) is 0 Å². The van der Waals surface area contributed by atoms with E-state index in [9.17, 15) is 0 Å². The fraction of sp³-hybridized carbons (Fsp3) is 0.692. The second-order valence-electron chi connectivity index (χ2n) is 4.26. The molecule has 1 N–H and O–H groups in total. The van der Waals surface area contributed by atoms with Crippen LogP contribution in [0.1, 0.15) is 18.7 Å². The first kappa shape index (κ1) is 14.6. The molecule has 1 rings (SSSR count). The van der Waals surface area contributed by atoms with Crippen molar-refractivity contribution in [1.82, 2.24) is 10.2 Å². The zero-order chi connectivity index (χ0) is 12.5. The highest BCUT2D eigenvalue weighted by Crippen LogP contribution is 2.11. The minimum atomic E-state index is 0.431. The van der Waals surface area contributed by atoms with E-state index in [-0.39, 0.29) is 0 Å². The molecule has 0 spiro atoms. The molecule has 0 aliphatic rings. The molecule has 0 amide bonds. The van der Waals surface area contributed by atoms with E-state index in [1.165, 1.54) is 4.88 Å². The SMILES string of the molecule is CCN(CCNC(C)COC)Cc1cccs1. The van der Waals surface area contributed by atoms with E-state index < -0.39 is 0 Å². The molecule has 0 fully saturated rings. The van der Waals surface area contributed by atoms with Crippen LogP contribution < -0.4 is 5.32 Å². The molecule has 98 valence electrons. The van der Waals surface area contributed by atoms with E-state index in [1.54, 1.807) is 7.11 Å². The smallest absolute Gasteiger partial charge is 0.0613 e. The highest BCUT2D eigenvalue weighted by molar-refractivity contribution is 7.09. The number of thiophene rings is 1. The molecule has 4 heteroatoms. The molecule has 0 aromatic carbocycles. The molecule has 0 aliphatic carbocycles. The van der Waals surface area contributed by atoms with Gasteiger partial charge in [-0.1, -0.05) is 13.0 Å². The predicted octanol–water partition coefficient (Wildman–Crippen LogP) is 2.19. The molecule has 17 heavy (non-hydrogen) atoms. The Morgan fingerprint density at radius 2 is 2.35 bits per heavy atom. The van der Waals surface area contributed by atoms with Crippen molar-refractivity contribution < 1.29 is 4.74 Å². The van der Waals surface area contributed by atoms with Crippen LogP contribution >= 0.6 is 11.3 Å². The Morgan fingerprint density at radius 3 is 2.94 bits per heavy atom. The van der Waals surface area contributed by atoms with Crippen molar-refractivity contribution in [2.45, 2.75) is 26.4 Å². The van der Waals surface area contributed by atoms with Gasteiger partial charge in [-0.05, 0) is 24.9 Å². The molecule has 0 radical (unpaired) electrons. The van der Waals surface area contributed by atoms with Gasteiger partial charge in [0.1, 0.15) is 0 Å². The second-order valence-corrected chi connectivity index (χ2v) is 5.29. The van der Waals surface area contributed by atoms with Gasteiger partial charge in [-0.25, -0.2) is 0 Å². The summed E-state index contributed by atoms with van der Waals surface area (Å²) >= 11 is 1.83. The summed E-state index contributed by atoms with van der Waals surface area (Å²) in [6, 6.07) is 4.75. The first-order valence-electron chi connectivity index (χ1n) is 6.23. The lowest BCUT2D eigenvalue weighted by Gasteiger charge is -2.21. The maximum atomic E-state index is 5.10. The number of likely N-dealkylation sites (N-methyl/N-ethyl adjacent to an activating group) is 1. The summed E-state index contributed by atoms with van der Waals surface area (Å²) in [4.78, 5) is 3.90. The minimum Gasteiger partial charge on any atom is -0.383 e. The lowest BCUT2D eigenvalue weighted by Crippen LogP contribution is -2.37. The number of hydrogen-bond acceptors (Lipinski definition) is 4. The number of rotatable bonds is 9. The summed E-state index contributed by atoms with van der Waals surface area (Å²) in [5.74, 6) is 0. The summed E-state index contributed by atoms with van der Waals surface area (Å²) in [5.41, 5.74) is 0. The van der Waals surface area contributed by atoms with E-state index in [0.29, 0.717) is 6.04 Å². The van der Waals surface area contributed by atoms with E-state index in [2.05, 4.69) is 41.6 Å². The Hall–Kier alpha value is -0.420. The third kappa shape index (κ3) is 6.17. The topological polar surface area (TPSA) is 24.5 Å². The Bertz CT molecular complexity index is 277. The maximum absolute atomic E-state index is 5.10. The van der Waals surface area contributed by atoms with E-state index in [4.69, 9.17) is 4.74 Å². The average Bonchev–Trinajstić information content (AvgIpc) is 2.81. The van der Waals surface area contributed by atoms with Crippen LogP contribution in [0, 0.1) is 0 Å². The Balaban J connectivity index is 2.18. The molecule has 1 heterocycles. The predicted molar refractivity (Wildman–Crippen MR) is 74.6 cm³/mol. The molecule has 0 saturated carbocycles. The summed E-state index contributed by atoms with van der Waals surface area (Å²) in [5, 5.41) is 5.61. The van der Waals surface area contributed by atoms with Crippen LogP contribution in [0.25, 0.3) is 0 Å². The van der Waals surface area contributed by atoms with Crippen molar-refractivity contribution in [3.05, 3.63) is 22.4 Å². The zero-order valence-electron chi connectivity index (χ0n) is 11.1. The lowest BCUT2D eigenvalue weighted by molar-refractivity contribution is 0.169. The lowest BCUT2D eigenvalue weighted by atomic mass is 10.3. The molecule has 1 aromatic heterocycles. The van der Waals surface area contributed by atoms with Gasteiger partial charge < -0.3 is 10.1 Å². The third-order valence-electron chi connectivity index (χ3n) is 2.74. The molecular weight excluding hydrogens is 232 g/mol. The van der Waals surface area contributed by atoms with Crippen LogP contribution in [-0.4, -0.2) is 44.3 Å². The highest BCUT2D eigenvalue weighted by atomic mass is 32.1. The van der Waals surface area contributed by atoms with Crippen LogP contribution in [0.2, 0.25) is 0 Å². The Labute approximate surface area is 109 Å². The Morgan fingerprint density at radius 1 is 1.53 bits per heavy atom. The normalized spacial score (nSPS) is 13.2. The summed E-state index contributed by atoms with van der Waals surface area (Å²) < 4.78 is 5.10. The second kappa shape index (κ2) is 8.64. The van der Waals surface area contributed by atoms with Crippen LogP contribution in [0.3, 0.4) is 0 Å². The monoisotopic (exact) mass is 256 g/mol. The largest absolute Gasteiger partial charge is 0.383 e. The van der Waals surface area contributed by atoms with Gasteiger partial charge in [0.05, 0.1) is 6.61 Å². The summed E-state index contributed by atoms with van der Waals surface area (Å²) in [6.07, 6.45) is 0. The van der Waals surface area contributed by atoms with Crippen molar-refractivity contribution in [1.29, 1.82) is 0 Å². The van der Waals surface area contributed by atoms with E-state index in [0.717, 1.165) is 32.8 Å². The van der Waals surface area contributed by atoms with E-state index >= 15 is 0 Å². The highest BCUT2D eigenvalue weighted by Gasteiger charge is 2.05. The Kier molecular flexibility index (Phi) is 7.44. The number of methoxy groups -OCH3 is 1. The fourth-order valence-corrected chi connectivity index (χ4v) is 2.50. The molecule has 1 aromatic rings. The minimum absolute atomic E-state index is 0.431. The standard InChI is InChI=1S/C13H24N2OS/c1-4-15(10-13-6-5-9-17-13)8-7-14-12(2)11-16-3/h5-6,9,12,14H,4,7-8,10-11H2,1-3H3. The molecule has 1 unspecified atom stereocenters. The van der Waals surface area contributed by atoms with Crippen molar-refractivity contribution >= 4 is 11.3 Å². The van der Waals surface area contributed by atoms with Gasteiger partial charge in [-0.2, -0.15) is 0 Å². The number of nitrogens with one attached hydrogen (secondary N) is 1. The van der Waals surface area contributed by atoms with Crippen molar-refractivity contribution in [2.24, 2.45) is 0 Å². The van der Waals surface area contributed by atoms with Gasteiger partial charge in [0.15, 0.2) is 0 Å². The fourth-order valence-electron chi connectivity index (χ4n) is 1.75. The maximum Gasteiger partial charge on any atom is 0.0613 e. The molecule has 3 nitrogen and oxygen atoms in total. The first-order chi connectivity index (χ1) is 8.26. The van der Waals surface area contributed by atoms with Crippen molar-refractivity contribution in [3.63, 3.8) is 0 Å². The quantitative estimate of drug-likeness (QED) is 0.733. The number of nitrogens with zero attached hydrogens (tertiary/aromatic N) is 1. The van der Waals surface area contributed by atoms with Crippen LogP contribution in [0.4, 0.5) is 0 Å².